The van der Waals surface area contributed by atoms with Crippen LogP contribution in [0, 0.1) is 5.92 Å². The van der Waals surface area contributed by atoms with Crippen LogP contribution in [0.2, 0.25) is 0 Å². The molecular formula is C14H20N2O2. The fourth-order valence-corrected chi connectivity index (χ4v) is 1.99. The second-order valence-corrected chi connectivity index (χ2v) is 4.79. The predicted molar refractivity (Wildman–Crippen MR) is 70.5 cm³/mol. The maximum atomic E-state index is 11.6. The fourth-order valence-electron chi connectivity index (χ4n) is 1.99. The molecule has 0 saturated heterocycles. The number of fused-ring (bicyclic) bond motifs is 1. The summed E-state index contributed by atoms with van der Waals surface area (Å²) < 4.78 is 5.66. The van der Waals surface area contributed by atoms with E-state index in [9.17, 15) is 4.79 Å². The number of rotatable bonds is 3. The number of nitrogens with one attached hydrogen (secondary N) is 2. The number of hydrogen-bond donors (Lipinski definition) is 2. The van der Waals surface area contributed by atoms with E-state index in [0.717, 1.165) is 17.9 Å². The van der Waals surface area contributed by atoms with E-state index in [2.05, 4.69) is 10.6 Å². The number of amides is 1. The third-order valence-electron chi connectivity index (χ3n) is 3.05. The van der Waals surface area contributed by atoms with Crippen molar-refractivity contribution in [2.45, 2.75) is 19.9 Å². The van der Waals surface area contributed by atoms with Gasteiger partial charge in [0.1, 0.15) is 12.4 Å². The van der Waals surface area contributed by atoms with Gasteiger partial charge in [0.05, 0.1) is 6.04 Å². The molecule has 4 heteroatoms. The summed E-state index contributed by atoms with van der Waals surface area (Å²) in [4.78, 5) is 11.6. The van der Waals surface area contributed by atoms with Gasteiger partial charge in [-0.25, -0.2) is 0 Å². The lowest BCUT2D eigenvalue weighted by molar-refractivity contribution is -0.124. The van der Waals surface area contributed by atoms with E-state index in [0.29, 0.717) is 13.2 Å². The Kier molecular flexibility index (Phi) is 4.20. The molecule has 0 aliphatic carbocycles. The molecule has 0 fully saturated rings. The van der Waals surface area contributed by atoms with Crippen molar-refractivity contribution in [2.24, 2.45) is 5.92 Å². The molecule has 0 radical (unpaired) electrons. The lowest BCUT2D eigenvalue weighted by atomic mass is 10.1. The average molecular weight is 248 g/mol. The summed E-state index contributed by atoms with van der Waals surface area (Å²) in [5.41, 5.74) is 1.11. The molecule has 1 heterocycles. The summed E-state index contributed by atoms with van der Waals surface area (Å²) in [7, 11) is 0. The first kappa shape index (κ1) is 12.9. The van der Waals surface area contributed by atoms with Crippen molar-refractivity contribution in [3.05, 3.63) is 29.8 Å². The van der Waals surface area contributed by atoms with Crippen LogP contribution in [0.25, 0.3) is 0 Å². The van der Waals surface area contributed by atoms with Crippen LogP contribution in [0.5, 0.6) is 5.75 Å². The van der Waals surface area contributed by atoms with Gasteiger partial charge in [0.25, 0.3) is 0 Å². The molecule has 1 atom stereocenters. The van der Waals surface area contributed by atoms with Gasteiger partial charge < -0.3 is 15.4 Å². The molecule has 1 aliphatic heterocycles. The lowest BCUT2D eigenvalue weighted by Gasteiger charge is -2.18. The van der Waals surface area contributed by atoms with Crippen LogP contribution < -0.4 is 15.4 Å². The molecule has 18 heavy (non-hydrogen) atoms. The van der Waals surface area contributed by atoms with Gasteiger partial charge in [-0.05, 0) is 6.07 Å². The van der Waals surface area contributed by atoms with Crippen LogP contribution in [0.15, 0.2) is 24.3 Å². The van der Waals surface area contributed by atoms with E-state index in [4.69, 9.17) is 4.74 Å². The molecule has 98 valence electrons. The van der Waals surface area contributed by atoms with Crippen LogP contribution >= 0.6 is 0 Å². The van der Waals surface area contributed by atoms with E-state index in [1.54, 1.807) is 0 Å². The third kappa shape index (κ3) is 3.01. The summed E-state index contributed by atoms with van der Waals surface area (Å²) in [5, 5.41) is 6.36. The molecule has 1 aromatic rings. The zero-order chi connectivity index (χ0) is 13.0. The Morgan fingerprint density at radius 1 is 1.50 bits per heavy atom. The quantitative estimate of drug-likeness (QED) is 0.852. The van der Waals surface area contributed by atoms with Crippen LogP contribution in [0.3, 0.4) is 0 Å². The standard InChI is InChI=1S/C14H20N2O2/c1-10(2)14(17)16-9-12-11-5-3-4-6-13(11)18-8-7-15-12/h3-6,10,12,15H,7-9H2,1-2H3,(H,16,17). The predicted octanol–water partition coefficient (Wildman–Crippen LogP) is 1.48. The van der Waals surface area contributed by atoms with E-state index in [-0.39, 0.29) is 17.9 Å². The zero-order valence-electron chi connectivity index (χ0n) is 10.9. The maximum Gasteiger partial charge on any atom is 0.222 e. The van der Waals surface area contributed by atoms with Gasteiger partial charge in [-0.1, -0.05) is 32.0 Å². The average Bonchev–Trinajstić information content (AvgIpc) is 2.58. The van der Waals surface area contributed by atoms with Crippen molar-refractivity contribution in [1.82, 2.24) is 10.6 Å². The van der Waals surface area contributed by atoms with Gasteiger partial charge in [0.15, 0.2) is 0 Å². The molecule has 1 amide bonds. The number of para-hydroxylation sites is 1. The van der Waals surface area contributed by atoms with Crippen LogP contribution in [-0.4, -0.2) is 25.6 Å². The summed E-state index contributed by atoms with van der Waals surface area (Å²) in [6.45, 7) is 5.83. The maximum absolute atomic E-state index is 11.6. The molecule has 2 N–H and O–H groups in total. The fraction of sp³-hybridized carbons (Fsp3) is 0.500. The van der Waals surface area contributed by atoms with Gasteiger partial charge in [0, 0.05) is 24.6 Å². The molecule has 0 spiro atoms. The first-order valence-electron chi connectivity index (χ1n) is 6.41. The summed E-state index contributed by atoms with van der Waals surface area (Å²) >= 11 is 0. The van der Waals surface area contributed by atoms with E-state index < -0.39 is 0 Å². The summed E-state index contributed by atoms with van der Waals surface area (Å²) in [6, 6.07) is 8.09. The Bertz CT molecular complexity index is 418. The van der Waals surface area contributed by atoms with Crippen LogP contribution in [0.1, 0.15) is 25.5 Å². The number of benzene rings is 1. The smallest absolute Gasteiger partial charge is 0.222 e. The minimum atomic E-state index is 0.0160. The highest BCUT2D eigenvalue weighted by Crippen LogP contribution is 2.26. The Hall–Kier alpha value is -1.55. The number of ether oxygens (including phenoxy) is 1. The number of hydrogen-bond acceptors (Lipinski definition) is 3. The Morgan fingerprint density at radius 2 is 2.28 bits per heavy atom. The molecule has 1 aliphatic rings. The second kappa shape index (κ2) is 5.87. The molecule has 0 aromatic heterocycles. The van der Waals surface area contributed by atoms with Gasteiger partial charge in [0.2, 0.25) is 5.91 Å². The highest BCUT2D eigenvalue weighted by molar-refractivity contribution is 5.77. The minimum Gasteiger partial charge on any atom is -0.492 e. The van der Waals surface area contributed by atoms with Crippen LogP contribution in [-0.2, 0) is 4.79 Å². The monoisotopic (exact) mass is 248 g/mol. The van der Waals surface area contributed by atoms with Gasteiger partial charge in [-0.2, -0.15) is 0 Å². The first-order valence-corrected chi connectivity index (χ1v) is 6.41. The molecule has 1 aromatic carbocycles. The molecule has 0 saturated carbocycles. The van der Waals surface area contributed by atoms with Crippen molar-refractivity contribution >= 4 is 5.91 Å². The Balaban J connectivity index is 2.06. The lowest BCUT2D eigenvalue weighted by Crippen LogP contribution is -2.37. The largest absolute Gasteiger partial charge is 0.492 e. The van der Waals surface area contributed by atoms with Crippen molar-refractivity contribution in [3.8, 4) is 5.75 Å². The normalized spacial score (nSPS) is 18.7. The SMILES string of the molecule is CC(C)C(=O)NCC1NCCOc2ccccc21. The van der Waals surface area contributed by atoms with Crippen molar-refractivity contribution in [1.29, 1.82) is 0 Å². The van der Waals surface area contributed by atoms with Gasteiger partial charge in [-0.15, -0.1) is 0 Å². The van der Waals surface area contributed by atoms with E-state index >= 15 is 0 Å². The number of carbonyl (C=O) groups is 1. The third-order valence-corrected chi connectivity index (χ3v) is 3.05. The highest BCUT2D eigenvalue weighted by Gasteiger charge is 2.19. The van der Waals surface area contributed by atoms with Gasteiger partial charge >= 0.3 is 0 Å². The van der Waals surface area contributed by atoms with E-state index in [1.165, 1.54) is 0 Å². The molecule has 0 bridgehead atoms. The summed E-state index contributed by atoms with van der Waals surface area (Å²) in [5.74, 6) is 1.01. The zero-order valence-corrected chi connectivity index (χ0v) is 10.9. The Labute approximate surface area is 108 Å². The molecule has 4 nitrogen and oxygen atoms in total. The second-order valence-electron chi connectivity index (χ2n) is 4.79. The molecular weight excluding hydrogens is 228 g/mol. The topological polar surface area (TPSA) is 50.4 Å². The molecule has 1 unspecified atom stereocenters. The summed E-state index contributed by atoms with van der Waals surface area (Å²) in [6.07, 6.45) is 0. The highest BCUT2D eigenvalue weighted by atomic mass is 16.5. The first-order chi connectivity index (χ1) is 8.68. The minimum absolute atomic E-state index is 0.0160. The van der Waals surface area contributed by atoms with Gasteiger partial charge in [-0.3, -0.25) is 4.79 Å². The van der Waals surface area contributed by atoms with Crippen LogP contribution in [0.4, 0.5) is 0 Å². The van der Waals surface area contributed by atoms with Crippen molar-refractivity contribution in [2.75, 3.05) is 19.7 Å². The van der Waals surface area contributed by atoms with Crippen molar-refractivity contribution < 1.29 is 9.53 Å². The Morgan fingerprint density at radius 3 is 3.06 bits per heavy atom. The molecule has 2 rings (SSSR count). The number of carbonyl (C=O) groups excluding carboxylic acids is 1. The van der Waals surface area contributed by atoms with E-state index in [1.807, 2.05) is 38.1 Å². The van der Waals surface area contributed by atoms with Crippen molar-refractivity contribution in [3.63, 3.8) is 0 Å².